The molecule has 4 N–H and O–H groups in total. The van der Waals surface area contributed by atoms with Crippen molar-refractivity contribution in [1.82, 2.24) is 10.2 Å². The van der Waals surface area contributed by atoms with Crippen LogP contribution in [0.4, 0.5) is 13.2 Å². The van der Waals surface area contributed by atoms with Crippen LogP contribution in [0.25, 0.3) is 0 Å². The second-order valence-corrected chi connectivity index (χ2v) is 10.1. The summed E-state index contributed by atoms with van der Waals surface area (Å²) in [5.74, 6) is -1.58. The van der Waals surface area contributed by atoms with Gasteiger partial charge in [0.15, 0.2) is 11.5 Å². The smallest absolute Gasteiger partial charge is 0.406 e. The molecule has 0 bridgehead atoms. The maximum Gasteiger partial charge on any atom is 0.406 e. The van der Waals surface area contributed by atoms with Gasteiger partial charge in [0.25, 0.3) is 0 Å². The zero-order valence-electron chi connectivity index (χ0n) is 21.5. The summed E-state index contributed by atoms with van der Waals surface area (Å²) in [6, 6.07) is 1.57. The molecule has 10 nitrogen and oxygen atoms in total. The molecule has 3 atom stereocenters. The molecule has 2 rings (SSSR count). The molecular formula is C25H32F3IN2O8. The molecule has 1 aliphatic rings. The molecule has 1 aromatic carbocycles. The van der Waals surface area contributed by atoms with Crippen molar-refractivity contribution in [2.75, 3.05) is 26.8 Å². The maximum atomic E-state index is 13.6. The molecule has 0 spiro atoms. The first-order valence-corrected chi connectivity index (χ1v) is 13.2. The highest BCUT2D eigenvalue weighted by Gasteiger charge is 2.44. The summed E-state index contributed by atoms with van der Waals surface area (Å²) < 4.78 is 52.5. The van der Waals surface area contributed by atoms with Crippen molar-refractivity contribution in [3.05, 3.63) is 32.9 Å². The normalized spacial score (nSPS) is 19.2. The highest BCUT2D eigenvalue weighted by Crippen LogP contribution is 2.37. The number of ether oxygens (including phenoxy) is 2. The van der Waals surface area contributed by atoms with E-state index in [-0.39, 0.29) is 61.9 Å². The lowest BCUT2D eigenvalue weighted by molar-refractivity contribution is -0.172. The minimum atomic E-state index is -4.81. The summed E-state index contributed by atoms with van der Waals surface area (Å²) in [6.07, 6.45) is -7.36. The Balaban J connectivity index is 2.50. The number of alkyl halides is 3. The van der Waals surface area contributed by atoms with Gasteiger partial charge in [-0.15, -0.1) is 0 Å². The number of carbonyl (C=O) groups excluding carboxylic acids is 3. The van der Waals surface area contributed by atoms with E-state index in [0.717, 1.165) is 0 Å². The molecule has 0 saturated carbocycles. The molecule has 218 valence electrons. The average Bonchev–Trinajstić information content (AvgIpc) is 2.86. The number of hydrogen-bond acceptors (Lipinski definition) is 8. The third-order valence-corrected chi connectivity index (χ3v) is 6.73. The van der Waals surface area contributed by atoms with Gasteiger partial charge in [-0.3, -0.25) is 9.59 Å². The topological polar surface area (TPSA) is 146 Å². The number of benzene rings is 1. The van der Waals surface area contributed by atoms with Crippen molar-refractivity contribution < 1.29 is 52.3 Å². The van der Waals surface area contributed by atoms with Crippen LogP contribution in [0, 0.1) is 3.57 Å². The Labute approximate surface area is 237 Å². The fourth-order valence-electron chi connectivity index (χ4n) is 4.11. The molecule has 0 aromatic heterocycles. The number of amides is 2. The third-order valence-electron chi connectivity index (χ3n) is 5.93. The number of Topliss-reactive ketones (excluding diaryl/α,β-unsaturated/α-hetero) is 1. The van der Waals surface area contributed by atoms with Gasteiger partial charge in [-0.25, -0.2) is 0 Å². The minimum absolute atomic E-state index is 0.00133. The second-order valence-electron chi connectivity index (χ2n) is 8.98. The number of rotatable bonds is 13. The first kappa shape index (κ1) is 32.8. The van der Waals surface area contributed by atoms with Crippen LogP contribution in [0.5, 0.6) is 11.5 Å². The third kappa shape index (κ3) is 9.61. The van der Waals surface area contributed by atoms with Gasteiger partial charge in [-0.1, -0.05) is 0 Å². The van der Waals surface area contributed by atoms with Gasteiger partial charge in [0.05, 0.1) is 29.9 Å². The van der Waals surface area contributed by atoms with Gasteiger partial charge in [-0.2, -0.15) is 13.2 Å². The summed E-state index contributed by atoms with van der Waals surface area (Å²) in [4.78, 5) is 37.5. The summed E-state index contributed by atoms with van der Waals surface area (Å²) >= 11 is 1.90. The molecule has 0 heterocycles. The summed E-state index contributed by atoms with van der Waals surface area (Å²) in [7, 11) is 1.34. The lowest BCUT2D eigenvalue weighted by Gasteiger charge is -2.41. The van der Waals surface area contributed by atoms with Gasteiger partial charge in [0.2, 0.25) is 11.8 Å². The summed E-state index contributed by atoms with van der Waals surface area (Å²) in [5, 5.41) is 32.2. The molecule has 0 radical (unpaired) electrons. The highest BCUT2D eigenvalue weighted by atomic mass is 127. The lowest BCUT2D eigenvalue weighted by Crippen LogP contribution is -2.57. The molecule has 0 saturated heterocycles. The van der Waals surface area contributed by atoms with E-state index < -0.39 is 49.2 Å². The number of aliphatic hydroxyl groups excluding tert-OH is 3. The largest absolute Gasteiger partial charge is 0.493 e. The summed E-state index contributed by atoms with van der Waals surface area (Å²) in [6.45, 7) is -1.19. The van der Waals surface area contributed by atoms with Crippen LogP contribution in [0.2, 0.25) is 0 Å². The SMILES string of the molecule is COc1cc(CO)cc(I)c1O[C@H]1C=C(C(=O)NCCO)C[C@@H](N(CC(F)(F)F)C(=O)CCCC(C)=O)[C@@H]1O. The first-order valence-electron chi connectivity index (χ1n) is 12.1. The molecule has 0 aliphatic heterocycles. The van der Waals surface area contributed by atoms with E-state index in [1.807, 2.05) is 22.6 Å². The fraction of sp³-hybridized carbons (Fsp3) is 0.560. The Bertz CT molecular complexity index is 1070. The van der Waals surface area contributed by atoms with Crippen LogP contribution in [0.1, 0.15) is 38.2 Å². The molecule has 2 amide bonds. The van der Waals surface area contributed by atoms with Gasteiger partial charge in [0.1, 0.15) is 24.5 Å². The van der Waals surface area contributed by atoms with Crippen molar-refractivity contribution in [2.24, 2.45) is 0 Å². The maximum absolute atomic E-state index is 13.6. The molecule has 0 fully saturated rings. The van der Waals surface area contributed by atoms with E-state index in [1.165, 1.54) is 26.2 Å². The lowest BCUT2D eigenvalue weighted by atomic mass is 9.87. The van der Waals surface area contributed by atoms with E-state index in [2.05, 4.69) is 5.32 Å². The van der Waals surface area contributed by atoms with Crippen LogP contribution >= 0.6 is 22.6 Å². The standard InChI is InChI=1S/C25H32F3IN2O8/c1-14(34)4-3-5-21(35)31(13-25(26,27)28)18-10-16(24(37)30-6-7-32)11-19(22(18)36)39-23-17(29)8-15(12-33)9-20(23)38-2/h8-9,11,18-19,22,32-33,36H,3-7,10,12-13H2,1-2H3,(H,30,37)/t18-,19+,22+/m1/s1. The number of nitrogens with one attached hydrogen (secondary N) is 1. The van der Waals surface area contributed by atoms with Crippen molar-refractivity contribution in [2.45, 2.75) is 63.6 Å². The van der Waals surface area contributed by atoms with E-state index in [9.17, 15) is 37.8 Å². The van der Waals surface area contributed by atoms with Crippen molar-refractivity contribution in [3.8, 4) is 11.5 Å². The van der Waals surface area contributed by atoms with E-state index in [0.29, 0.717) is 14.0 Å². The zero-order valence-corrected chi connectivity index (χ0v) is 23.6. The number of methoxy groups -OCH3 is 1. The Hall–Kier alpha value is -2.43. The summed E-state index contributed by atoms with van der Waals surface area (Å²) in [5.41, 5.74) is 0.450. The Morgan fingerprint density at radius 1 is 1.21 bits per heavy atom. The zero-order chi connectivity index (χ0) is 29.3. The van der Waals surface area contributed by atoms with Crippen LogP contribution in [-0.2, 0) is 21.0 Å². The highest BCUT2D eigenvalue weighted by molar-refractivity contribution is 14.1. The fourth-order valence-corrected chi connectivity index (χ4v) is 4.90. The molecule has 39 heavy (non-hydrogen) atoms. The number of ketones is 1. The van der Waals surface area contributed by atoms with E-state index in [1.54, 1.807) is 6.07 Å². The Morgan fingerprint density at radius 3 is 2.46 bits per heavy atom. The van der Waals surface area contributed by atoms with Crippen LogP contribution < -0.4 is 14.8 Å². The molecule has 1 aliphatic carbocycles. The number of carbonyl (C=O) groups is 3. The molecule has 1 aromatic rings. The average molecular weight is 672 g/mol. The van der Waals surface area contributed by atoms with Crippen molar-refractivity contribution in [3.63, 3.8) is 0 Å². The quantitative estimate of drug-likeness (QED) is 0.233. The van der Waals surface area contributed by atoms with Gasteiger partial charge >= 0.3 is 6.18 Å². The monoisotopic (exact) mass is 672 g/mol. The van der Waals surface area contributed by atoms with Gasteiger partial charge in [-0.05, 0) is 59.7 Å². The first-order chi connectivity index (χ1) is 18.3. The van der Waals surface area contributed by atoms with E-state index in [4.69, 9.17) is 14.6 Å². The van der Waals surface area contributed by atoms with Gasteiger partial charge < -0.3 is 39.8 Å². The predicted octanol–water partition coefficient (Wildman–Crippen LogP) is 1.86. The number of hydrogen-bond donors (Lipinski definition) is 4. The molecule has 0 unspecified atom stereocenters. The Kier molecular flexibility index (Phi) is 12.5. The molecule has 14 heteroatoms. The minimum Gasteiger partial charge on any atom is -0.493 e. The Morgan fingerprint density at radius 2 is 1.90 bits per heavy atom. The predicted molar refractivity (Wildman–Crippen MR) is 141 cm³/mol. The molecular weight excluding hydrogens is 640 g/mol. The number of aliphatic hydroxyl groups is 3. The second kappa shape index (κ2) is 14.8. The van der Waals surface area contributed by atoms with Crippen LogP contribution in [-0.4, -0.2) is 89.0 Å². The van der Waals surface area contributed by atoms with Crippen LogP contribution in [0.15, 0.2) is 23.8 Å². The van der Waals surface area contributed by atoms with E-state index >= 15 is 0 Å². The number of nitrogens with zero attached hydrogens (tertiary/aromatic N) is 1. The van der Waals surface area contributed by atoms with Crippen molar-refractivity contribution >= 4 is 40.2 Å². The number of halogens is 4. The van der Waals surface area contributed by atoms with Gasteiger partial charge in [0, 0.05) is 31.4 Å². The van der Waals surface area contributed by atoms with Crippen LogP contribution in [0.3, 0.4) is 0 Å². The van der Waals surface area contributed by atoms with Crippen molar-refractivity contribution in [1.29, 1.82) is 0 Å².